The second-order valence-corrected chi connectivity index (χ2v) is 3.94. The number of hydrogen-bond acceptors (Lipinski definition) is 2. The van der Waals surface area contributed by atoms with Gasteiger partial charge < -0.3 is 10.4 Å². The second-order valence-electron chi connectivity index (χ2n) is 3.94. The molecule has 0 radical (unpaired) electrons. The van der Waals surface area contributed by atoms with Crippen LogP contribution in [0.15, 0.2) is 18.2 Å². The number of hydrogen-bond donors (Lipinski definition) is 2. The molecular formula is C12H17NO. The van der Waals surface area contributed by atoms with Crippen LogP contribution in [0.25, 0.3) is 0 Å². The zero-order chi connectivity index (χ0) is 9.97. The Morgan fingerprint density at radius 3 is 3.00 bits per heavy atom. The zero-order valence-corrected chi connectivity index (χ0v) is 8.59. The summed E-state index contributed by atoms with van der Waals surface area (Å²) in [6.45, 7) is 2.85. The van der Waals surface area contributed by atoms with Crippen LogP contribution in [0, 0.1) is 0 Å². The van der Waals surface area contributed by atoms with Crippen molar-refractivity contribution in [2.45, 2.75) is 32.3 Å². The molecule has 1 atom stereocenters. The van der Waals surface area contributed by atoms with Crippen molar-refractivity contribution in [2.75, 3.05) is 11.9 Å². The van der Waals surface area contributed by atoms with Crippen molar-refractivity contribution in [2.24, 2.45) is 0 Å². The van der Waals surface area contributed by atoms with Crippen LogP contribution in [0.4, 0.5) is 5.69 Å². The Bertz CT molecular complexity index is 320. The molecule has 0 aromatic heterocycles. The molecule has 0 saturated carbocycles. The van der Waals surface area contributed by atoms with Crippen LogP contribution in [0.2, 0.25) is 0 Å². The van der Waals surface area contributed by atoms with Crippen LogP contribution in [0.3, 0.4) is 0 Å². The molecule has 0 saturated heterocycles. The van der Waals surface area contributed by atoms with Crippen molar-refractivity contribution in [1.29, 1.82) is 0 Å². The summed E-state index contributed by atoms with van der Waals surface area (Å²) in [4.78, 5) is 0. The lowest BCUT2D eigenvalue weighted by Gasteiger charge is -2.15. The highest BCUT2D eigenvalue weighted by molar-refractivity contribution is 5.59. The van der Waals surface area contributed by atoms with E-state index in [-0.39, 0.29) is 6.10 Å². The summed E-state index contributed by atoms with van der Waals surface area (Å²) in [7, 11) is 0. The predicted octanol–water partition coefficient (Wildman–Crippen LogP) is 2.49. The zero-order valence-electron chi connectivity index (χ0n) is 8.59. The number of rotatable bonds is 1. The Labute approximate surface area is 85.0 Å². The number of nitrogens with one attached hydrogen (secondary N) is 1. The van der Waals surface area contributed by atoms with Crippen molar-refractivity contribution in [3.05, 3.63) is 29.3 Å². The molecule has 2 nitrogen and oxygen atoms in total. The number of benzene rings is 1. The van der Waals surface area contributed by atoms with Crippen LogP contribution < -0.4 is 5.32 Å². The highest BCUT2D eigenvalue weighted by Gasteiger charge is 2.13. The number of fused-ring (bicyclic) bond motifs is 1. The molecular weight excluding hydrogens is 174 g/mol. The molecule has 0 aliphatic carbocycles. The Balaban J connectivity index is 2.42. The summed E-state index contributed by atoms with van der Waals surface area (Å²) in [5.41, 5.74) is 3.55. The van der Waals surface area contributed by atoms with Gasteiger partial charge in [0.05, 0.1) is 6.10 Å². The van der Waals surface area contributed by atoms with Gasteiger partial charge in [-0.1, -0.05) is 18.2 Å². The Morgan fingerprint density at radius 2 is 2.21 bits per heavy atom. The molecule has 0 fully saturated rings. The number of aryl methyl sites for hydroxylation is 1. The third-order valence-electron chi connectivity index (χ3n) is 2.81. The van der Waals surface area contributed by atoms with Gasteiger partial charge in [0.2, 0.25) is 0 Å². The van der Waals surface area contributed by atoms with E-state index in [1.165, 1.54) is 24.1 Å². The monoisotopic (exact) mass is 191 g/mol. The van der Waals surface area contributed by atoms with E-state index in [4.69, 9.17) is 0 Å². The first kappa shape index (κ1) is 9.53. The molecule has 2 rings (SSSR count). The van der Waals surface area contributed by atoms with Crippen LogP contribution in [0.5, 0.6) is 0 Å². The predicted molar refractivity (Wildman–Crippen MR) is 58.5 cm³/mol. The van der Waals surface area contributed by atoms with E-state index in [2.05, 4.69) is 11.4 Å². The smallest absolute Gasteiger partial charge is 0.0782 e. The van der Waals surface area contributed by atoms with Gasteiger partial charge in [-0.15, -0.1) is 0 Å². The van der Waals surface area contributed by atoms with Gasteiger partial charge in [0.15, 0.2) is 0 Å². The number of anilines is 1. The maximum absolute atomic E-state index is 9.63. The van der Waals surface area contributed by atoms with Gasteiger partial charge in [-0.25, -0.2) is 0 Å². The lowest BCUT2D eigenvalue weighted by Crippen LogP contribution is -2.05. The van der Waals surface area contributed by atoms with Crippen molar-refractivity contribution in [3.8, 4) is 0 Å². The van der Waals surface area contributed by atoms with Crippen molar-refractivity contribution in [1.82, 2.24) is 0 Å². The average molecular weight is 191 g/mol. The van der Waals surface area contributed by atoms with Gasteiger partial charge in [0.1, 0.15) is 0 Å². The second kappa shape index (κ2) is 4.01. The summed E-state index contributed by atoms with van der Waals surface area (Å²) in [6.07, 6.45) is 3.20. The minimum absolute atomic E-state index is 0.379. The lowest BCUT2D eigenvalue weighted by molar-refractivity contribution is 0.200. The quantitative estimate of drug-likeness (QED) is 0.714. The van der Waals surface area contributed by atoms with Crippen LogP contribution in [-0.4, -0.2) is 11.7 Å². The van der Waals surface area contributed by atoms with Crippen LogP contribution in [-0.2, 0) is 6.42 Å². The topological polar surface area (TPSA) is 32.3 Å². The summed E-state index contributed by atoms with van der Waals surface area (Å²) < 4.78 is 0. The SMILES string of the molecule is CC(O)c1cccc2c1NCCCC2. The fourth-order valence-corrected chi connectivity index (χ4v) is 2.05. The number of aliphatic hydroxyl groups is 1. The van der Waals surface area contributed by atoms with Crippen molar-refractivity contribution < 1.29 is 5.11 Å². The normalized spacial score (nSPS) is 17.9. The first-order chi connectivity index (χ1) is 6.79. The van der Waals surface area contributed by atoms with Gasteiger partial charge >= 0.3 is 0 Å². The van der Waals surface area contributed by atoms with Crippen molar-refractivity contribution >= 4 is 5.69 Å². The summed E-state index contributed by atoms with van der Waals surface area (Å²) >= 11 is 0. The van der Waals surface area contributed by atoms with E-state index >= 15 is 0 Å². The van der Waals surface area contributed by atoms with E-state index < -0.39 is 0 Å². The Hall–Kier alpha value is -1.02. The van der Waals surface area contributed by atoms with Gasteiger partial charge in [0, 0.05) is 17.8 Å². The third-order valence-corrected chi connectivity index (χ3v) is 2.81. The van der Waals surface area contributed by atoms with Crippen LogP contribution >= 0.6 is 0 Å². The van der Waals surface area contributed by atoms with Gasteiger partial charge in [-0.3, -0.25) is 0 Å². The molecule has 0 amide bonds. The Morgan fingerprint density at radius 1 is 1.36 bits per heavy atom. The van der Waals surface area contributed by atoms with E-state index in [1.54, 1.807) is 0 Å². The molecule has 0 bridgehead atoms. The lowest BCUT2D eigenvalue weighted by atomic mass is 10.0. The van der Waals surface area contributed by atoms with Gasteiger partial charge in [-0.05, 0) is 31.7 Å². The summed E-state index contributed by atoms with van der Waals surface area (Å²) in [6, 6.07) is 6.19. The molecule has 2 N–H and O–H groups in total. The minimum atomic E-state index is -0.379. The molecule has 1 aromatic rings. The maximum atomic E-state index is 9.63. The summed E-state index contributed by atoms with van der Waals surface area (Å²) in [5.74, 6) is 0. The molecule has 76 valence electrons. The first-order valence-electron chi connectivity index (χ1n) is 5.33. The standard InChI is InChI=1S/C12H17NO/c1-9(14)11-7-4-6-10-5-2-3-8-13-12(10)11/h4,6-7,9,13-14H,2-3,5,8H2,1H3. The molecule has 1 unspecified atom stereocenters. The van der Waals surface area contributed by atoms with Gasteiger partial charge in [0.25, 0.3) is 0 Å². The van der Waals surface area contributed by atoms with E-state index in [0.29, 0.717) is 0 Å². The highest BCUT2D eigenvalue weighted by Crippen LogP contribution is 2.29. The highest BCUT2D eigenvalue weighted by atomic mass is 16.3. The largest absolute Gasteiger partial charge is 0.389 e. The number of aliphatic hydroxyl groups excluding tert-OH is 1. The fraction of sp³-hybridized carbons (Fsp3) is 0.500. The molecule has 14 heavy (non-hydrogen) atoms. The molecule has 1 aliphatic rings. The average Bonchev–Trinajstić information content (AvgIpc) is 2.41. The minimum Gasteiger partial charge on any atom is -0.389 e. The van der Waals surface area contributed by atoms with E-state index in [1.807, 2.05) is 19.1 Å². The number of para-hydroxylation sites is 1. The Kier molecular flexibility index (Phi) is 2.73. The third kappa shape index (κ3) is 1.75. The van der Waals surface area contributed by atoms with Gasteiger partial charge in [-0.2, -0.15) is 0 Å². The summed E-state index contributed by atoms with van der Waals surface area (Å²) in [5, 5.41) is 13.0. The molecule has 1 aliphatic heterocycles. The molecule has 2 heteroatoms. The molecule has 1 heterocycles. The van der Waals surface area contributed by atoms with Crippen LogP contribution in [0.1, 0.15) is 37.0 Å². The van der Waals surface area contributed by atoms with E-state index in [0.717, 1.165) is 18.5 Å². The van der Waals surface area contributed by atoms with Crippen molar-refractivity contribution in [3.63, 3.8) is 0 Å². The molecule has 0 spiro atoms. The fourth-order valence-electron chi connectivity index (χ4n) is 2.05. The maximum Gasteiger partial charge on any atom is 0.0782 e. The first-order valence-corrected chi connectivity index (χ1v) is 5.33. The molecule has 1 aromatic carbocycles. The van der Waals surface area contributed by atoms with E-state index in [9.17, 15) is 5.11 Å².